The molecule has 0 aliphatic carbocycles. The monoisotopic (exact) mass is 433 g/mol. The lowest BCUT2D eigenvalue weighted by atomic mass is 10.1. The molecule has 8 nitrogen and oxygen atoms in total. The first-order valence-corrected chi connectivity index (χ1v) is 9.65. The van der Waals surface area contributed by atoms with Gasteiger partial charge in [0.15, 0.2) is 11.5 Å². The first-order chi connectivity index (χ1) is 15.5. The minimum atomic E-state index is -0.394. The van der Waals surface area contributed by atoms with Gasteiger partial charge in [0.05, 0.1) is 27.5 Å². The van der Waals surface area contributed by atoms with Crippen LogP contribution in [0.4, 0.5) is 5.69 Å². The van der Waals surface area contributed by atoms with Gasteiger partial charge in [-0.2, -0.15) is 5.10 Å². The van der Waals surface area contributed by atoms with E-state index in [4.69, 9.17) is 14.2 Å². The van der Waals surface area contributed by atoms with Gasteiger partial charge in [0, 0.05) is 22.4 Å². The van der Waals surface area contributed by atoms with E-state index in [9.17, 15) is 9.59 Å². The van der Waals surface area contributed by atoms with Crippen LogP contribution in [0.2, 0.25) is 0 Å². The molecule has 2 amide bonds. The Balaban J connectivity index is 1.63. The number of benzene rings is 3. The summed E-state index contributed by atoms with van der Waals surface area (Å²) in [5.74, 6) is 0.809. The highest BCUT2D eigenvalue weighted by molar-refractivity contribution is 6.04. The number of methoxy groups -OCH3 is 3. The maximum Gasteiger partial charge on any atom is 0.271 e. The molecule has 0 aromatic heterocycles. The molecule has 0 unspecified atom stereocenters. The highest BCUT2D eigenvalue weighted by atomic mass is 16.5. The van der Waals surface area contributed by atoms with Gasteiger partial charge in [-0.25, -0.2) is 5.43 Å². The molecule has 0 saturated carbocycles. The molecule has 0 saturated heterocycles. The number of anilines is 1. The number of nitrogens with zero attached hydrogens (tertiary/aromatic N) is 1. The van der Waals surface area contributed by atoms with E-state index in [1.807, 2.05) is 6.07 Å². The van der Waals surface area contributed by atoms with E-state index >= 15 is 0 Å². The van der Waals surface area contributed by atoms with Crippen LogP contribution in [0.15, 0.2) is 71.8 Å². The Bertz CT molecular complexity index is 1090. The quantitative estimate of drug-likeness (QED) is 0.417. The van der Waals surface area contributed by atoms with Crippen LogP contribution in [0.25, 0.3) is 0 Å². The molecule has 0 aliphatic rings. The number of hydrogen-bond donors (Lipinski definition) is 2. The highest BCUT2D eigenvalue weighted by Crippen LogP contribution is 2.37. The van der Waals surface area contributed by atoms with Gasteiger partial charge >= 0.3 is 0 Å². The van der Waals surface area contributed by atoms with Crippen LogP contribution in [0.3, 0.4) is 0 Å². The number of amides is 2. The summed E-state index contributed by atoms with van der Waals surface area (Å²) >= 11 is 0. The normalized spacial score (nSPS) is 10.5. The summed E-state index contributed by atoms with van der Waals surface area (Å²) in [5, 5.41) is 6.77. The zero-order chi connectivity index (χ0) is 22.9. The molecule has 0 aliphatic heterocycles. The summed E-state index contributed by atoms with van der Waals surface area (Å²) < 4.78 is 15.9. The topological polar surface area (TPSA) is 98.2 Å². The Morgan fingerprint density at radius 2 is 1.38 bits per heavy atom. The molecule has 8 heteroatoms. The van der Waals surface area contributed by atoms with Gasteiger partial charge < -0.3 is 19.5 Å². The Labute approximate surface area is 185 Å². The largest absolute Gasteiger partial charge is 0.493 e. The van der Waals surface area contributed by atoms with Crippen molar-refractivity contribution in [2.24, 2.45) is 5.10 Å². The van der Waals surface area contributed by atoms with E-state index < -0.39 is 5.91 Å². The SMILES string of the molecule is COc1cc(C=NNC(=O)c2ccc(NC(=O)c3ccccc3)cc2)cc(OC)c1OC. The van der Waals surface area contributed by atoms with Gasteiger partial charge in [0.2, 0.25) is 5.75 Å². The number of nitrogens with one attached hydrogen (secondary N) is 2. The van der Waals surface area contributed by atoms with Gasteiger partial charge in [-0.1, -0.05) is 18.2 Å². The summed E-state index contributed by atoms with van der Waals surface area (Å²) in [4.78, 5) is 24.6. The van der Waals surface area contributed by atoms with E-state index in [0.717, 1.165) is 0 Å². The van der Waals surface area contributed by atoms with E-state index in [-0.39, 0.29) is 5.91 Å². The molecule has 0 radical (unpaired) electrons. The number of hydrazone groups is 1. The lowest BCUT2D eigenvalue weighted by Crippen LogP contribution is -2.18. The Kier molecular flexibility index (Phi) is 7.42. The van der Waals surface area contributed by atoms with Crippen LogP contribution >= 0.6 is 0 Å². The molecule has 3 aromatic carbocycles. The smallest absolute Gasteiger partial charge is 0.271 e. The predicted molar refractivity (Wildman–Crippen MR) is 122 cm³/mol. The van der Waals surface area contributed by atoms with Crippen LogP contribution in [0.1, 0.15) is 26.3 Å². The van der Waals surface area contributed by atoms with E-state index in [2.05, 4.69) is 15.8 Å². The second-order valence-electron chi connectivity index (χ2n) is 6.56. The number of carbonyl (C=O) groups excluding carboxylic acids is 2. The number of carbonyl (C=O) groups is 2. The fourth-order valence-corrected chi connectivity index (χ4v) is 2.90. The molecule has 0 bridgehead atoms. The molecule has 0 fully saturated rings. The summed E-state index contributed by atoms with van der Waals surface area (Å²) in [5.41, 5.74) is 4.64. The van der Waals surface area contributed by atoms with Crippen molar-refractivity contribution in [3.63, 3.8) is 0 Å². The van der Waals surface area contributed by atoms with Gasteiger partial charge in [-0.05, 0) is 48.5 Å². The Morgan fingerprint density at radius 3 is 1.94 bits per heavy atom. The molecular weight excluding hydrogens is 410 g/mol. The maximum atomic E-state index is 12.4. The summed E-state index contributed by atoms with van der Waals surface area (Å²) in [7, 11) is 4.56. The number of ether oxygens (including phenoxy) is 3. The minimum absolute atomic E-state index is 0.224. The van der Waals surface area contributed by atoms with Crippen LogP contribution in [-0.4, -0.2) is 39.4 Å². The third-order valence-corrected chi connectivity index (χ3v) is 4.51. The molecule has 0 spiro atoms. The second kappa shape index (κ2) is 10.6. The lowest BCUT2D eigenvalue weighted by molar-refractivity contribution is 0.0954. The second-order valence-corrected chi connectivity index (χ2v) is 6.56. The fraction of sp³-hybridized carbons (Fsp3) is 0.125. The highest BCUT2D eigenvalue weighted by Gasteiger charge is 2.12. The van der Waals surface area contributed by atoms with Crippen molar-refractivity contribution in [2.45, 2.75) is 0 Å². The van der Waals surface area contributed by atoms with Crippen molar-refractivity contribution in [3.8, 4) is 17.2 Å². The first-order valence-electron chi connectivity index (χ1n) is 9.65. The maximum absolute atomic E-state index is 12.4. The Morgan fingerprint density at radius 1 is 0.781 bits per heavy atom. The minimum Gasteiger partial charge on any atom is -0.493 e. The molecule has 0 heterocycles. The number of rotatable bonds is 8. The molecule has 164 valence electrons. The van der Waals surface area contributed by atoms with Crippen LogP contribution < -0.4 is 25.0 Å². The van der Waals surface area contributed by atoms with Crippen LogP contribution in [0.5, 0.6) is 17.2 Å². The zero-order valence-electron chi connectivity index (χ0n) is 17.9. The van der Waals surface area contributed by atoms with Crippen molar-refractivity contribution >= 4 is 23.7 Å². The van der Waals surface area contributed by atoms with Gasteiger partial charge in [0.1, 0.15) is 0 Å². The van der Waals surface area contributed by atoms with Crippen molar-refractivity contribution < 1.29 is 23.8 Å². The predicted octanol–water partition coefficient (Wildman–Crippen LogP) is 3.73. The first kappa shape index (κ1) is 22.4. The van der Waals surface area contributed by atoms with Crippen molar-refractivity contribution in [1.29, 1.82) is 0 Å². The molecule has 2 N–H and O–H groups in total. The molecule has 32 heavy (non-hydrogen) atoms. The van der Waals surface area contributed by atoms with Crippen LogP contribution in [-0.2, 0) is 0 Å². The van der Waals surface area contributed by atoms with Gasteiger partial charge in [-0.3, -0.25) is 9.59 Å². The summed E-state index contributed by atoms with van der Waals surface area (Å²) in [6.45, 7) is 0. The summed E-state index contributed by atoms with van der Waals surface area (Å²) in [6.07, 6.45) is 1.47. The van der Waals surface area contributed by atoms with Crippen molar-refractivity contribution in [2.75, 3.05) is 26.6 Å². The van der Waals surface area contributed by atoms with Crippen LogP contribution in [0, 0.1) is 0 Å². The Hall–Kier alpha value is -4.33. The summed E-state index contributed by atoms with van der Waals surface area (Å²) in [6, 6.07) is 18.8. The average Bonchev–Trinajstić information content (AvgIpc) is 2.84. The standard InChI is InChI=1S/C24H23N3O5/c1-30-20-13-16(14-21(31-2)22(20)32-3)15-25-27-24(29)18-9-11-19(12-10-18)26-23(28)17-7-5-4-6-8-17/h4-15H,1-3H3,(H,26,28)(H,27,29). The third-order valence-electron chi connectivity index (χ3n) is 4.51. The van der Waals surface area contributed by atoms with Crippen molar-refractivity contribution in [1.82, 2.24) is 5.43 Å². The van der Waals surface area contributed by atoms with E-state index in [1.54, 1.807) is 60.7 Å². The fourth-order valence-electron chi connectivity index (χ4n) is 2.90. The third kappa shape index (κ3) is 5.42. The van der Waals surface area contributed by atoms with E-state index in [1.165, 1.54) is 27.5 Å². The number of hydrogen-bond acceptors (Lipinski definition) is 6. The average molecular weight is 433 g/mol. The van der Waals surface area contributed by atoms with Gasteiger partial charge in [-0.15, -0.1) is 0 Å². The molecular formula is C24H23N3O5. The van der Waals surface area contributed by atoms with Crippen molar-refractivity contribution in [3.05, 3.63) is 83.4 Å². The molecule has 3 aromatic rings. The zero-order valence-corrected chi connectivity index (χ0v) is 17.9. The molecule has 0 atom stereocenters. The molecule has 3 rings (SSSR count). The lowest BCUT2D eigenvalue weighted by Gasteiger charge is -2.12. The van der Waals surface area contributed by atoms with E-state index in [0.29, 0.717) is 39.6 Å². The van der Waals surface area contributed by atoms with Gasteiger partial charge in [0.25, 0.3) is 11.8 Å².